The molecule has 0 fully saturated rings. The molecule has 7 nitrogen and oxygen atoms in total. The summed E-state index contributed by atoms with van der Waals surface area (Å²) in [6.07, 6.45) is -1.04. The summed E-state index contributed by atoms with van der Waals surface area (Å²) in [5, 5.41) is 13.4. The van der Waals surface area contributed by atoms with Gasteiger partial charge in [-0.15, -0.1) is 0 Å². The van der Waals surface area contributed by atoms with Gasteiger partial charge in [-0.1, -0.05) is 23.8 Å². The minimum atomic E-state index is -1.04. The van der Waals surface area contributed by atoms with E-state index in [9.17, 15) is 19.7 Å². The van der Waals surface area contributed by atoms with Crippen molar-refractivity contribution < 1.29 is 19.2 Å². The van der Waals surface area contributed by atoms with E-state index in [0.717, 1.165) is 11.6 Å². The van der Waals surface area contributed by atoms with Gasteiger partial charge in [-0.3, -0.25) is 14.9 Å². The third-order valence-electron chi connectivity index (χ3n) is 3.26. The topological polar surface area (TPSA) is 98.5 Å². The van der Waals surface area contributed by atoms with Crippen LogP contribution in [0.25, 0.3) is 0 Å². The number of ether oxygens (including phenoxy) is 1. The number of hydrogen-bond donors (Lipinski definition) is 1. The maximum Gasteiger partial charge on any atom is 0.339 e. The molecule has 0 spiro atoms. The van der Waals surface area contributed by atoms with E-state index in [1.54, 1.807) is 12.1 Å². The quantitative estimate of drug-likeness (QED) is 0.516. The average Bonchev–Trinajstić information content (AvgIpc) is 2.56. The maximum atomic E-state index is 12.0. The third-order valence-corrected chi connectivity index (χ3v) is 3.26. The van der Waals surface area contributed by atoms with Crippen molar-refractivity contribution in [1.82, 2.24) is 0 Å². The van der Waals surface area contributed by atoms with E-state index in [1.165, 1.54) is 25.1 Å². The first-order valence-corrected chi connectivity index (χ1v) is 7.20. The van der Waals surface area contributed by atoms with E-state index in [0.29, 0.717) is 5.69 Å². The maximum absolute atomic E-state index is 12.0. The van der Waals surface area contributed by atoms with Gasteiger partial charge in [0.25, 0.3) is 11.6 Å². The van der Waals surface area contributed by atoms with Crippen LogP contribution in [0.5, 0.6) is 0 Å². The predicted octanol–water partition coefficient (Wildman–Crippen LogP) is 3.09. The van der Waals surface area contributed by atoms with Crippen LogP contribution in [0.1, 0.15) is 22.8 Å². The number of benzene rings is 2. The van der Waals surface area contributed by atoms with Crippen LogP contribution in [-0.4, -0.2) is 22.9 Å². The molecule has 0 aromatic heterocycles. The van der Waals surface area contributed by atoms with E-state index < -0.39 is 22.9 Å². The molecule has 1 amide bonds. The fourth-order valence-electron chi connectivity index (χ4n) is 1.91. The number of nitrogens with zero attached hydrogens (tertiary/aromatic N) is 1. The molecule has 0 aliphatic carbocycles. The lowest BCUT2D eigenvalue weighted by molar-refractivity contribution is -0.384. The van der Waals surface area contributed by atoms with Gasteiger partial charge < -0.3 is 10.1 Å². The summed E-state index contributed by atoms with van der Waals surface area (Å²) < 4.78 is 5.06. The molecule has 0 aliphatic rings. The summed E-state index contributed by atoms with van der Waals surface area (Å²) in [4.78, 5) is 34.2. The van der Waals surface area contributed by atoms with Crippen molar-refractivity contribution in [2.45, 2.75) is 20.0 Å². The molecular formula is C17H16N2O5. The molecule has 2 aromatic carbocycles. The lowest BCUT2D eigenvalue weighted by atomic mass is 10.2. The van der Waals surface area contributed by atoms with Crippen molar-refractivity contribution in [2.24, 2.45) is 0 Å². The SMILES string of the molecule is Cc1ccc(NC(=O)[C@@H](C)OC(=O)c2cccc([N+](=O)[O-])c2)cc1. The third kappa shape index (κ3) is 4.39. The van der Waals surface area contributed by atoms with Gasteiger partial charge in [0.15, 0.2) is 6.10 Å². The Balaban J connectivity index is 2.00. The zero-order chi connectivity index (χ0) is 17.7. The van der Waals surface area contributed by atoms with Crippen LogP contribution in [0.15, 0.2) is 48.5 Å². The fourth-order valence-corrected chi connectivity index (χ4v) is 1.91. The van der Waals surface area contributed by atoms with Crippen molar-refractivity contribution in [3.63, 3.8) is 0 Å². The van der Waals surface area contributed by atoms with Gasteiger partial charge in [0.05, 0.1) is 10.5 Å². The lowest BCUT2D eigenvalue weighted by Crippen LogP contribution is -2.30. The minimum absolute atomic E-state index is 0.0131. The molecule has 24 heavy (non-hydrogen) atoms. The number of esters is 1. The van der Waals surface area contributed by atoms with Gasteiger partial charge in [-0.2, -0.15) is 0 Å². The van der Waals surface area contributed by atoms with E-state index in [2.05, 4.69) is 5.32 Å². The van der Waals surface area contributed by atoms with Gasteiger partial charge in [-0.25, -0.2) is 4.79 Å². The van der Waals surface area contributed by atoms with Crippen molar-refractivity contribution in [2.75, 3.05) is 5.32 Å². The van der Waals surface area contributed by atoms with E-state index in [-0.39, 0.29) is 11.3 Å². The van der Waals surface area contributed by atoms with Crippen LogP contribution in [0.3, 0.4) is 0 Å². The largest absolute Gasteiger partial charge is 0.449 e. The first-order valence-electron chi connectivity index (χ1n) is 7.20. The summed E-state index contributed by atoms with van der Waals surface area (Å²) in [7, 11) is 0. The van der Waals surface area contributed by atoms with Crippen LogP contribution in [0.4, 0.5) is 11.4 Å². The molecule has 7 heteroatoms. The Morgan fingerprint density at radius 3 is 2.46 bits per heavy atom. The van der Waals surface area contributed by atoms with Crippen molar-refractivity contribution in [3.05, 3.63) is 69.8 Å². The van der Waals surface area contributed by atoms with Crippen LogP contribution < -0.4 is 5.32 Å². The Hall–Kier alpha value is -3.22. The molecule has 0 heterocycles. The molecule has 0 aliphatic heterocycles. The minimum Gasteiger partial charge on any atom is -0.449 e. The molecule has 1 N–H and O–H groups in total. The zero-order valence-electron chi connectivity index (χ0n) is 13.2. The van der Waals surface area contributed by atoms with E-state index in [1.807, 2.05) is 19.1 Å². The normalized spacial score (nSPS) is 11.4. The first kappa shape index (κ1) is 17.1. The smallest absolute Gasteiger partial charge is 0.339 e. The number of nitrogens with one attached hydrogen (secondary N) is 1. The molecule has 124 valence electrons. The second-order valence-corrected chi connectivity index (χ2v) is 5.21. The summed E-state index contributed by atoms with van der Waals surface area (Å²) >= 11 is 0. The number of nitro benzene ring substituents is 1. The van der Waals surface area contributed by atoms with Crippen molar-refractivity contribution in [3.8, 4) is 0 Å². The summed E-state index contributed by atoms with van der Waals surface area (Å²) in [6, 6.07) is 12.3. The summed E-state index contributed by atoms with van der Waals surface area (Å²) in [5.74, 6) is -1.29. The van der Waals surface area contributed by atoms with Gasteiger partial charge in [0, 0.05) is 17.8 Å². The molecular weight excluding hydrogens is 312 g/mol. The zero-order valence-corrected chi connectivity index (χ0v) is 13.2. The Kier molecular flexibility index (Phi) is 5.26. The molecule has 0 unspecified atom stereocenters. The molecule has 0 saturated carbocycles. The second-order valence-electron chi connectivity index (χ2n) is 5.21. The van der Waals surface area contributed by atoms with Crippen LogP contribution in [-0.2, 0) is 9.53 Å². The van der Waals surface area contributed by atoms with Gasteiger partial charge in [0.1, 0.15) is 0 Å². The lowest BCUT2D eigenvalue weighted by Gasteiger charge is -2.13. The van der Waals surface area contributed by atoms with E-state index >= 15 is 0 Å². The standard InChI is InChI=1S/C17H16N2O5/c1-11-6-8-14(9-7-11)18-16(20)12(2)24-17(21)13-4-3-5-15(10-13)19(22)23/h3-10,12H,1-2H3,(H,18,20)/t12-/m1/s1. The van der Waals surface area contributed by atoms with Gasteiger partial charge in [-0.05, 0) is 32.0 Å². The summed E-state index contributed by atoms with van der Waals surface area (Å²) in [5.41, 5.74) is 1.43. The van der Waals surface area contributed by atoms with E-state index in [4.69, 9.17) is 4.74 Å². The number of aryl methyl sites for hydroxylation is 1. The second kappa shape index (κ2) is 7.36. The van der Waals surface area contributed by atoms with Crippen LogP contribution in [0.2, 0.25) is 0 Å². The van der Waals surface area contributed by atoms with Crippen LogP contribution >= 0.6 is 0 Å². The fraction of sp³-hybridized carbons (Fsp3) is 0.176. The highest BCUT2D eigenvalue weighted by molar-refractivity contribution is 5.97. The molecule has 2 rings (SSSR count). The molecule has 0 saturated heterocycles. The Morgan fingerprint density at radius 2 is 1.83 bits per heavy atom. The summed E-state index contributed by atoms with van der Waals surface area (Å²) in [6.45, 7) is 3.35. The average molecular weight is 328 g/mol. The molecule has 1 atom stereocenters. The highest BCUT2D eigenvalue weighted by Gasteiger charge is 2.20. The van der Waals surface area contributed by atoms with Crippen molar-refractivity contribution in [1.29, 1.82) is 0 Å². The predicted molar refractivity (Wildman–Crippen MR) is 87.8 cm³/mol. The number of non-ortho nitro benzene ring substituents is 1. The number of rotatable bonds is 5. The van der Waals surface area contributed by atoms with Crippen LogP contribution in [0, 0.1) is 17.0 Å². The number of carbonyl (C=O) groups excluding carboxylic acids is 2. The first-order chi connectivity index (χ1) is 11.4. The highest BCUT2D eigenvalue weighted by atomic mass is 16.6. The number of amides is 1. The number of anilines is 1. The number of carbonyl (C=O) groups is 2. The highest BCUT2D eigenvalue weighted by Crippen LogP contribution is 2.15. The molecule has 0 radical (unpaired) electrons. The Bertz CT molecular complexity index is 771. The number of nitro groups is 1. The van der Waals surface area contributed by atoms with Crippen molar-refractivity contribution >= 4 is 23.3 Å². The number of hydrogen-bond acceptors (Lipinski definition) is 5. The molecule has 2 aromatic rings. The van der Waals surface area contributed by atoms with Gasteiger partial charge in [0.2, 0.25) is 0 Å². The Morgan fingerprint density at radius 1 is 1.17 bits per heavy atom. The Labute approximate surface area is 138 Å². The monoisotopic (exact) mass is 328 g/mol. The van der Waals surface area contributed by atoms with Gasteiger partial charge >= 0.3 is 5.97 Å². The molecule has 0 bridgehead atoms.